The minimum atomic E-state index is -0.229. The van der Waals surface area contributed by atoms with E-state index in [1.165, 1.54) is 0 Å². The highest BCUT2D eigenvalue weighted by molar-refractivity contribution is 6.30. The van der Waals surface area contributed by atoms with Crippen molar-refractivity contribution in [1.82, 2.24) is 20.5 Å². The van der Waals surface area contributed by atoms with Crippen LogP contribution in [0.5, 0.6) is 0 Å². The Labute approximate surface area is 185 Å². The zero-order valence-electron chi connectivity index (χ0n) is 17.0. The van der Waals surface area contributed by atoms with Gasteiger partial charge in [0, 0.05) is 41.5 Å². The Morgan fingerprint density at radius 2 is 1.97 bits per heavy atom. The Kier molecular flexibility index (Phi) is 5.24. The van der Waals surface area contributed by atoms with Crippen LogP contribution in [-0.2, 0) is 23.2 Å². The molecule has 0 spiro atoms. The van der Waals surface area contributed by atoms with Crippen molar-refractivity contribution in [2.45, 2.75) is 44.1 Å². The van der Waals surface area contributed by atoms with Crippen molar-refractivity contribution < 1.29 is 9.21 Å². The van der Waals surface area contributed by atoms with Crippen LogP contribution >= 0.6 is 11.6 Å². The van der Waals surface area contributed by atoms with Gasteiger partial charge >= 0.3 is 0 Å². The Hall–Kier alpha value is -3.12. The molecule has 5 rings (SSSR count). The summed E-state index contributed by atoms with van der Waals surface area (Å²) in [5.74, 6) is 1.09. The lowest BCUT2D eigenvalue weighted by molar-refractivity contribution is -0.121. The van der Waals surface area contributed by atoms with Crippen molar-refractivity contribution in [3.8, 4) is 0 Å². The molecule has 0 unspecified atom stereocenters. The minimum absolute atomic E-state index is 0.0386. The van der Waals surface area contributed by atoms with Crippen molar-refractivity contribution in [3.05, 3.63) is 82.7 Å². The molecule has 1 aliphatic carbocycles. The van der Waals surface area contributed by atoms with E-state index in [-0.39, 0.29) is 11.3 Å². The van der Waals surface area contributed by atoms with Gasteiger partial charge in [0.25, 0.3) is 0 Å². The van der Waals surface area contributed by atoms with Gasteiger partial charge < -0.3 is 14.7 Å². The zero-order valence-corrected chi connectivity index (χ0v) is 17.8. The van der Waals surface area contributed by atoms with Crippen LogP contribution in [0.1, 0.15) is 48.6 Å². The van der Waals surface area contributed by atoms with Gasteiger partial charge in [-0.1, -0.05) is 42.3 Å². The molecular weight excluding hydrogens is 412 g/mol. The van der Waals surface area contributed by atoms with Gasteiger partial charge in [0.05, 0.1) is 5.41 Å². The first-order chi connectivity index (χ1) is 15.1. The number of fused-ring (bicyclic) bond motifs is 1. The third-order valence-electron chi connectivity index (χ3n) is 6.21. The van der Waals surface area contributed by atoms with Crippen LogP contribution in [0.15, 0.2) is 59.1 Å². The second-order valence-corrected chi connectivity index (χ2v) is 8.51. The number of halogens is 1. The van der Waals surface area contributed by atoms with Gasteiger partial charge in [-0.25, -0.2) is 0 Å². The van der Waals surface area contributed by atoms with Crippen molar-refractivity contribution >= 4 is 28.4 Å². The van der Waals surface area contributed by atoms with E-state index in [2.05, 4.69) is 20.5 Å². The van der Waals surface area contributed by atoms with Gasteiger partial charge in [-0.15, -0.1) is 10.2 Å². The molecule has 6 nitrogen and oxygen atoms in total. The molecule has 2 N–H and O–H groups in total. The summed E-state index contributed by atoms with van der Waals surface area (Å²) in [7, 11) is 0. The number of nitrogens with zero attached hydrogens (tertiary/aromatic N) is 2. The third kappa shape index (κ3) is 3.83. The highest BCUT2D eigenvalue weighted by atomic mass is 35.5. The molecule has 2 aromatic heterocycles. The topological polar surface area (TPSA) is 83.8 Å². The fraction of sp³-hybridized carbons (Fsp3) is 0.292. The van der Waals surface area contributed by atoms with E-state index in [4.69, 9.17) is 16.0 Å². The first kappa shape index (κ1) is 19.8. The fourth-order valence-corrected chi connectivity index (χ4v) is 4.41. The van der Waals surface area contributed by atoms with E-state index in [0.29, 0.717) is 36.2 Å². The van der Waals surface area contributed by atoms with E-state index < -0.39 is 0 Å². The molecule has 0 bridgehead atoms. The Bertz CT molecular complexity index is 1210. The van der Waals surface area contributed by atoms with E-state index in [0.717, 1.165) is 41.3 Å². The monoisotopic (exact) mass is 434 g/mol. The van der Waals surface area contributed by atoms with E-state index in [1.54, 1.807) is 0 Å². The summed E-state index contributed by atoms with van der Waals surface area (Å²) in [6, 6.07) is 15.9. The van der Waals surface area contributed by atoms with Gasteiger partial charge in [0.2, 0.25) is 17.7 Å². The predicted octanol–water partition coefficient (Wildman–Crippen LogP) is 4.92. The normalized spacial score (nSPS) is 15.0. The molecule has 1 fully saturated rings. The molecule has 7 heteroatoms. The number of benzene rings is 2. The van der Waals surface area contributed by atoms with Crippen LogP contribution in [0.25, 0.3) is 10.9 Å². The highest BCUT2D eigenvalue weighted by Crippen LogP contribution is 2.48. The maximum atomic E-state index is 12.4. The molecule has 2 heterocycles. The Balaban J connectivity index is 1.20. The van der Waals surface area contributed by atoms with Gasteiger partial charge in [0.15, 0.2) is 0 Å². The number of aromatic amines is 1. The number of rotatable bonds is 7. The summed E-state index contributed by atoms with van der Waals surface area (Å²) in [5.41, 5.74) is 3.07. The Morgan fingerprint density at radius 3 is 2.74 bits per heavy atom. The molecule has 0 saturated heterocycles. The molecule has 1 aliphatic rings. The number of hydrogen-bond donors (Lipinski definition) is 2. The molecule has 1 saturated carbocycles. The number of aromatic nitrogens is 3. The maximum Gasteiger partial charge on any atom is 0.227 e. The number of hydrogen-bond acceptors (Lipinski definition) is 4. The Morgan fingerprint density at radius 1 is 1.13 bits per heavy atom. The lowest BCUT2D eigenvalue weighted by atomic mass is 9.64. The van der Waals surface area contributed by atoms with Crippen molar-refractivity contribution in [2.75, 3.05) is 0 Å². The standard InChI is InChI=1S/C24H23ClN4O2/c25-18-7-5-17(6-8-18)24(12-2-13-24)23-29-28-22(31-23)10-9-21(30)27-15-16-3-1-4-20-19(16)11-14-26-20/h1,3-8,11,14,26H,2,9-10,12-13,15H2,(H,27,30). The molecular formula is C24H23ClN4O2. The quantitative estimate of drug-likeness (QED) is 0.432. The fourth-order valence-electron chi connectivity index (χ4n) is 4.28. The molecule has 31 heavy (non-hydrogen) atoms. The number of aryl methyl sites for hydroxylation is 1. The van der Waals surface area contributed by atoms with Crippen LogP contribution in [0, 0.1) is 0 Å². The molecule has 1 amide bonds. The van der Waals surface area contributed by atoms with Crippen LogP contribution < -0.4 is 5.32 Å². The zero-order chi connectivity index (χ0) is 21.3. The van der Waals surface area contributed by atoms with Crippen molar-refractivity contribution in [2.24, 2.45) is 0 Å². The first-order valence-electron chi connectivity index (χ1n) is 10.5. The lowest BCUT2D eigenvalue weighted by Crippen LogP contribution is -2.35. The van der Waals surface area contributed by atoms with Gasteiger partial charge in [0.1, 0.15) is 0 Å². The average Bonchev–Trinajstić information content (AvgIpc) is 3.41. The predicted molar refractivity (Wildman–Crippen MR) is 119 cm³/mol. The summed E-state index contributed by atoms with van der Waals surface area (Å²) in [6.07, 6.45) is 5.70. The first-order valence-corrected chi connectivity index (χ1v) is 10.9. The summed E-state index contributed by atoms with van der Waals surface area (Å²) < 4.78 is 6.00. The molecule has 0 radical (unpaired) electrons. The van der Waals surface area contributed by atoms with E-state index in [1.807, 2.05) is 54.7 Å². The van der Waals surface area contributed by atoms with Gasteiger partial charge in [-0.05, 0) is 48.2 Å². The van der Waals surface area contributed by atoms with E-state index in [9.17, 15) is 4.79 Å². The second-order valence-electron chi connectivity index (χ2n) is 8.08. The van der Waals surface area contributed by atoms with Crippen LogP contribution in [0.3, 0.4) is 0 Å². The number of carbonyl (C=O) groups is 1. The second kappa shape index (κ2) is 8.19. The molecule has 2 aromatic carbocycles. The highest BCUT2D eigenvalue weighted by Gasteiger charge is 2.45. The van der Waals surface area contributed by atoms with Crippen LogP contribution in [0.4, 0.5) is 0 Å². The van der Waals surface area contributed by atoms with Crippen LogP contribution in [-0.4, -0.2) is 21.1 Å². The largest absolute Gasteiger partial charge is 0.424 e. The smallest absolute Gasteiger partial charge is 0.227 e. The van der Waals surface area contributed by atoms with Gasteiger partial charge in [-0.2, -0.15) is 0 Å². The molecule has 0 atom stereocenters. The molecule has 4 aromatic rings. The number of H-pyrrole nitrogens is 1. The maximum absolute atomic E-state index is 12.4. The summed E-state index contributed by atoms with van der Waals surface area (Å²) in [5, 5.41) is 13.3. The summed E-state index contributed by atoms with van der Waals surface area (Å²) >= 11 is 6.04. The lowest BCUT2D eigenvalue weighted by Gasteiger charge is -2.39. The number of nitrogens with one attached hydrogen (secondary N) is 2. The number of carbonyl (C=O) groups excluding carboxylic acids is 1. The third-order valence-corrected chi connectivity index (χ3v) is 6.46. The molecule has 158 valence electrons. The summed E-state index contributed by atoms with van der Waals surface area (Å²) in [6.45, 7) is 0.489. The van der Waals surface area contributed by atoms with Gasteiger partial charge in [-0.3, -0.25) is 4.79 Å². The summed E-state index contributed by atoms with van der Waals surface area (Å²) in [4.78, 5) is 15.6. The van der Waals surface area contributed by atoms with Crippen molar-refractivity contribution in [3.63, 3.8) is 0 Å². The van der Waals surface area contributed by atoms with Crippen molar-refractivity contribution in [1.29, 1.82) is 0 Å². The number of amides is 1. The average molecular weight is 435 g/mol. The molecule has 0 aliphatic heterocycles. The SMILES string of the molecule is O=C(CCc1nnc(C2(c3ccc(Cl)cc3)CCC2)o1)NCc1cccc2[nH]ccc12. The van der Waals surface area contributed by atoms with E-state index >= 15 is 0 Å². The van der Waals surface area contributed by atoms with Crippen LogP contribution in [0.2, 0.25) is 5.02 Å². The minimum Gasteiger partial charge on any atom is -0.424 e.